The highest BCUT2D eigenvalue weighted by Gasteiger charge is 2.36. The maximum absolute atomic E-state index is 12.9. The Morgan fingerprint density at radius 1 is 0.806 bits per heavy atom. The highest BCUT2D eigenvalue weighted by molar-refractivity contribution is 7.91. The highest BCUT2D eigenvalue weighted by atomic mass is 32.2. The van der Waals surface area contributed by atoms with E-state index in [1.807, 2.05) is 31.2 Å². The van der Waals surface area contributed by atoms with E-state index in [9.17, 15) is 18.0 Å². The van der Waals surface area contributed by atoms with Gasteiger partial charge in [-0.3, -0.25) is 9.59 Å². The molecule has 2 amide bonds. The van der Waals surface area contributed by atoms with E-state index >= 15 is 0 Å². The van der Waals surface area contributed by atoms with Gasteiger partial charge in [0.2, 0.25) is 0 Å². The predicted molar refractivity (Wildman–Crippen MR) is 124 cm³/mol. The van der Waals surface area contributed by atoms with E-state index in [-0.39, 0.29) is 22.8 Å². The second-order valence-electron chi connectivity index (χ2n) is 8.59. The molecular weight excluding hydrogens is 410 g/mol. The smallest absolute Gasteiger partial charge is 0.266 e. The molecule has 1 aliphatic heterocycles. The fourth-order valence-corrected chi connectivity index (χ4v) is 4.85. The van der Waals surface area contributed by atoms with Gasteiger partial charge in [-0.05, 0) is 69.9 Å². The molecule has 0 atom stereocenters. The molecular formula is C25H31NO4S. The molecule has 166 valence electrons. The van der Waals surface area contributed by atoms with E-state index < -0.39 is 9.84 Å². The first-order chi connectivity index (χ1) is 14.7. The van der Waals surface area contributed by atoms with E-state index in [1.54, 1.807) is 32.0 Å². The first-order valence-corrected chi connectivity index (χ1v) is 12.7. The second-order valence-corrected chi connectivity index (χ2v) is 11.3. The number of anilines is 1. The largest absolute Gasteiger partial charge is 0.268 e. The number of benzene rings is 2. The van der Waals surface area contributed by atoms with Crippen LogP contribution in [0.1, 0.15) is 77.8 Å². The van der Waals surface area contributed by atoms with Crippen molar-refractivity contribution in [2.45, 2.75) is 64.5 Å². The van der Waals surface area contributed by atoms with Crippen molar-refractivity contribution in [1.29, 1.82) is 0 Å². The van der Waals surface area contributed by atoms with Crippen molar-refractivity contribution in [3.63, 3.8) is 0 Å². The molecule has 0 saturated carbocycles. The van der Waals surface area contributed by atoms with Gasteiger partial charge in [0.1, 0.15) is 0 Å². The van der Waals surface area contributed by atoms with Crippen LogP contribution in [0.5, 0.6) is 0 Å². The molecule has 0 aliphatic carbocycles. The van der Waals surface area contributed by atoms with Gasteiger partial charge in [0.05, 0.1) is 27.8 Å². The molecule has 2 aromatic rings. The minimum Gasteiger partial charge on any atom is -0.268 e. The number of amides is 2. The average molecular weight is 442 g/mol. The Hall–Kier alpha value is -2.47. The number of hydrogen-bond acceptors (Lipinski definition) is 4. The number of aryl methyl sites for hydroxylation is 2. The third-order valence-electron chi connectivity index (χ3n) is 5.86. The van der Waals surface area contributed by atoms with Crippen LogP contribution in [0.25, 0.3) is 0 Å². The van der Waals surface area contributed by atoms with E-state index in [0.717, 1.165) is 43.2 Å². The zero-order valence-corrected chi connectivity index (χ0v) is 19.4. The first kappa shape index (κ1) is 23.2. The van der Waals surface area contributed by atoms with Crippen molar-refractivity contribution in [3.8, 4) is 0 Å². The van der Waals surface area contributed by atoms with E-state index in [0.29, 0.717) is 23.2 Å². The number of hydrogen-bond donors (Lipinski definition) is 0. The number of rotatable bonds is 10. The van der Waals surface area contributed by atoms with Gasteiger partial charge < -0.3 is 0 Å². The molecule has 0 unspecified atom stereocenters. The van der Waals surface area contributed by atoms with E-state index in [1.165, 1.54) is 4.90 Å². The summed E-state index contributed by atoms with van der Waals surface area (Å²) in [5.41, 5.74) is 3.65. The van der Waals surface area contributed by atoms with Crippen LogP contribution in [0.4, 0.5) is 5.69 Å². The van der Waals surface area contributed by atoms with Gasteiger partial charge in [0.15, 0.2) is 9.84 Å². The van der Waals surface area contributed by atoms with Crippen molar-refractivity contribution < 1.29 is 18.0 Å². The van der Waals surface area contributed by atoms with Crippen molar-refractivity contribution in [1.82, 2.24) is 0 Å². The predicted octanol–water partition coefficient (Wildman–Crippen LogP) is 5.11. The molecule has 3 rings (SSSR count). The number of carbonyl (C=O) groups excluding carboxylic acids is 2. The van der Waals surface area contributed by atoms with E-state index in [2.05, 4.69) is 0 Å². The molecule has 1 aliphatic rings. The van der Waals surface area contributed by atoms with Crippen molar-refractivity contribution in [2.24, 2.45) is 0 Å². The summed E-state index contributed by atoms with van der Waals surface area (Å²) < 4.78 is 23.6. The van der Waals surface area contributed by atoms with Crippen LogP contribution < -0.4 is 4.90 Å². The van der Waals surface area contributed by atoms with Gasteiger partial charge in [-0.1, -0.05) is 43.0 Å². The fraction of sp³-hybridized carbons (Fsp3) is 0.440. The molecule has 0 saturated heterocycles. The number of fused-ring (bicyclic) bond motifs is 1. The van der Waals surface area contributed by atoms with Gasteiger partial charge in [0, 0.05) is 0 Å². The maximum Gasteiger partial charge on any atom is 0.266 e. The van der Waals surface area contributed by atoms with Crippen molar-refractivity contribution in [2.75, 3.05) is 10.7 Å². The van der Waals surface area contributed by atoms with Crippen LogP contribution in [0.3, 0.4) is 0 Å². The van der Waals surface area contributed by atoms with Gasteiger partial charge >= 0.3 is 0 Å². The van der Waals surface area contributed by atoms with Gasteiger partial charge in [-0.15, -0.1) is 0 Å². The summed E-state index contributed by atoms with van der Waals surface area (Å²) in [6, 6.07) is 12.9. The lowest BCUT2D eigenvalue weighted by molar-refractivity contribution is 0.0926. The van der Waals surface area contributed by atoms with Crippen LogP contribution >= 0.6 is 0 Å². The Bertz CT molecular complexity index is 1060. The zero-order chi connectivity index (χ0) is 22.6. The molecule has 0 radical (unpaired) electrons. The molecule has 0 N–H and O–H groups in total. The normalized spacial score (nSPS) is 13.9. The van der Waals surface area contributed by atoms with Crippen molar-refractivity contribution in [3.05, 3.63) is 64.7 Å². The fourth-order valence-electron chi connectivity index (χ4n) is 3.77. The molecule has 2 aromatic carbocycles. The molecule has 31 heavy (non-hydrogen) atoms. The number of unbranched alkanes of at least 4 members (excludes halogenated alkanes) is 4. The summed E-state index contributed by atoms with van der Waals surface area (Å²) in [7, 11) is -2.94. The minimum absolute atomic E-state index is 0.267. The molecule has 0 spiro atoms. The standard InChI is InChI=1S/C25H31NO4S/c1-18(2)31(29,30)16-8-6-4-5-7-9-20-12-15-22-23(17-20)25(28)26(24(22)27)21-13-10-19(3)11-14-21/h10-15,17-18H,4-9,16H2,1-3H3. The quantitative estimate of drug-likeness (QED) is 0.379. The minimum atomic E-state index is -2.94. The zero-order valence-electron chi connectivity index (χ0n) is 18.6. The summed E-state index contributed by atoms with van der Waals surface area (Å²) in [5, 5.41) is -0.302. The topological polar surface area (TPSA) is 71.5 Å². The maximum atomic E-state index is 12.9. The van der Waals surface area contributed by atoms with Crippen LogP contribution in [0.2, 0.25) is 0 Å². The second kappa shape index (κ2) is 9.77. The molecule has 1 heterocycles. The van der Waals surface area contributed by atoms with Crippen LogP contribution in [0, 0.1) is 6.92 Å². The number of carbonyl (C=O) groups is 2. The summed E-state index contributed by atoms with van der Waals surface area (Å²) >= 11 is 0. The monoisotopic (exact) mass is 441 g/mol. The van der Waals surface area contributed by atoms with E-state index in [4.69, 9.17) is 0 Å². The van der Waals surface area contributed by atoms with Crippen LogP contribution in [0.15, 0.2) is 42.5 Å². The summed E-state index contributed by atoms with van der Waals surface area (Å²) in [6.45, 7) is 5.42. The Labute approximate surface area is 185 Å². The first-order valence-electron chi connectivity index (χ1n) is 11.0. The van der Waals surface area contributed by atoms with Gasteiger partial charge in [0.25, 0.3) is 11.8 Å². The lowest BCUT2D eigenvalue weighted by Crippen LogP contribution is -2.29. The molecule has 6 heteroatoms. The highest BCUT2D eigenvalue weighted by Crippen LogP contribution is 2.29. The molecule has 5 nitrogen and oxygen atoms in total. The Morgan fingerprint density at radius 2 is 1.42 bits per heavy atom. The van der Waals surface area contributed by atoms with Crippen molar-refractivity contribution >= 4 is 27.3 Å². The SMILES string of the molecule is Cc1ccc(N2C(=O)c3ccc(CCCCCCCS(=O)(=O)C(C)C)cc3C2=O)cc1. The number of nitrogens with zero attached hydrogens (tertiary/aromatic N) is 1. The third-order valence-corrected chi connectivity index (χ3v) is 8.15. The molecule has 0 aromatic heterocycles. The Kier molecular flexibility index (Phi) is 7.31. The summed E-state index contributed by atoms with van der Waals surface area (Å²) in [6.07, 6.45) is 5.45. The van der Waals surface area contributed by atoms with Crippen LogP contribution in [-0.2, 0) is 16.3 Å². The Morgan fingerprint density at radius 3 is 2.10 bits per heavy atom. The summed E-state index contributed by atoms with van der Waals surface area (Å²) in [4.78, 5) is 26.9. The Balaban J connectivity index is 1.51. The third kappa shape index (κ3) is 5.42. The number of imide groups is 1. The average Bonchev–Trinajstić information content (AvgIpc) is 2.98. The molecule has 0 bridgehead atoms. The molecule has 0 fully saturated rings. The lowest BCUT2D eigenvalue weighted by atomic mass is 10.0. The summed E-state index contributed by atoms with van der Waals surface area (Å²) in [5.74, 6) is -0.271. The van der Waals surface area contributed by atoms with Gasteiger partial charge in [-0.2, -0.15) is 0 Å². The lowest BCUT2D eigenvalue weighted by Gasteiger charge is -2.13. The van der Waals surface area contributed by atoms with Gasteiger partial charge in [-0.25, -0.2) is 13.3 Å². The number of sulfone groups is 1. The van der Waals surface area contributed by atoms with Crippen LogP contribution in [-0.4, -0.2) is 31.2 Å².